The predicted molar refractivity (Wildman–Crippen MR) is 97.0 cm³/mol. The average Bonchev–Trinajstić information content (AvgIpc) is 2.95. The predicted octanol–water partition coefficient (Wildman–Crippen LogP) is 2.80. The minimum absolute atomic E-state index is 0.0763. The Morgan fingerprint density at radius 3 is 2.35 bits per heavy atom. The monoisotopic (exact) mass is 394 g/mol. The van der Waals surface area contributed by atoms with Gasteiger partial charge in [0.15, 0.2) is 0 Å². The molecule has 2 amide bonds. The van der Waals surface area contributed by atoms with Crippen LogP contribution >= 0.6 is 11.6 Å². The van der Waals surface area contributed by atoms with Crippen molar-refractivity contribution in [2.75, 3.05) is 16.7 Å². The number of nitrogens with zero attached hydrogens (tertiary/aromatic N) is 1. The van der Waals surface area contributed by atoms with Gasteiger partial charge in [0.1, 0.15) is 10.6 Å². The van der Waals surface area contributed by atoms with Gasteiger partial charge in [-0.05, 0) is 30.3 Å². The van der Waals surface area contributed by atoms with Gasteiger partial charge in [-0.1, -0.05) is 23.7 Å². The molecule has 7 nitrogen and oxygen atoms in total. The molecule has 0 atom stereocenters. The minimum Gasteiger partial charge on any atom is -0.495 e. The topological polar surface area (TPSA) is 92.8 Å². The van der Waals surface area contributed by atoms with Gasteiger partial charge >= 0.3 is 0 Å². The van der Waals surface area contributed by atoms with Crippen LogP contribution in [0.25, 0.3) is 0 Å². The zero-order valence-electron chi connectivity index (χ0n) is 13.7. The molecule has 0 spiro atoms. The molecule has 0 aliphatic carbocycles. The third-order valence-electron chi connectivity index (χ3n) is 3.86. The molecule has 0 radical (unpaired) electrons. The number of carbonyl (C=O) groups excluding carboxylic acids is 2. The largest absolute Gasteiger partial charge is 0.495 e. The van der Waals surface area contributed by atoms with Gasteiger partial charge in [-0.2, -0.15) is 0 Å². The summed E-state index contributed by atoms with van der Waals surface area (Å²) in [6, 6.07) is 10.5. The highest BCUT2D eigenvalue weighted by Crippen LogP contribution is 2.33. The van der Waals surface area contributed by atoms with Gasteiger partial charge < -0.3 is 4.74 Å². The molecule has 3 rings (SSSR count). The lowest BCUT2D eigenvalue weighted by atomic mass is 10.2. The van der Waals surface area contributed by atoms with Crippen molar-refractivity contribution >= 4 is 44.8 Å². The summed E-state index contributed by atoms with van der Waals surface area (Å²) in [4.78, 5) is 24.6. The van der Waals surface area contributed by atoms with E-state index in [0.29, 0.717) is 0 Å². The van der Waals surface area contributed by atoms with E-state index in [-0.39, 0.29) is 51.7 Å². The van der Waals surface area contributed by atoms with Gasteiger partial charge in [0.2, 0.25) is 11.8 Å². The average molecular weight is 395 g/mol. The Morgan fingerprint density at radius 2 is 1.73 bits per heavy atom. The number of imide groups is 1. The van der Waals surface area contributed by atoms with Crippen LogP contribution in [0, 0.1) is 0 Å². The number of rotatable bonds is 5. The fourth-order valence-corrected chi connectivity index (χ4v) is 4.13. The number of benzene rings is 2. The third-order valence-corrected chi connectivity index (χ3v) is 5.58. The highest BCUT2D eigenvalue weighted by atomic mass is 35.5. The van der Waals surface area contributed by atoms with Crippen LogP contribution in [0.1, 0.15) is 12.8 Å². The SMILES string of the molecule is COc1ccc(N2C(=O)CCC2=O)cc1S(=O)(=O)Nc1ccccc1Cl. The summed E-state index contributed by atoms with van der Waals surface area (Å²) >= 11 is 6.01. The summed E-state index contributed by atoms with van der Waals surface area (Å²) in [7, 11) is -2.75. The second-order valence-corrected chi connectivity index (χ2v) is 7.60. The number of amides is 2. The number of anilines is 2. The molecule has 9 heteroatoms. The normalized spacial score (nSPS) is 14.6. The van der Waals surface area contributed by atoms with Gasteiger partial charge in [0, 0.05) is 12.8 Å². The van der Waals surface area contributed by atoms with Crippen molar-refractivity contribution in [2.45, 2.75) is 17.7 Å². The Labute approximate surface area is 155 Å². The fourth-order valence-electron chi connectivity index (χ4n) is 2.62. The first kappa shape index (κ1) is 18.2. The zero-order chi connectivity index (χ0) is 18.9. The molecule has 26 heavy (non-hydrogen) atoms. The number of halogens is 1. The van der Waals surface area contributed by atoms with Crippen molar-refractivity contribution in [2.24, 2.45) is 0 Å². The van der Waals surface area contributed by atoms with Crippen molar-refractivity contribution in [3.63, 3.8) is 0 Å². The van der Waals surface area contributed by atoms with Crippen LogP contribution in [-0.4, -0.2) is 27.3 Å². The van der Waals surface area contributed by atoms with Crippen molar-refractivity contribution < 1.29 is 22.7 Å². The molecule has 2 aromatic carbocycles. The molecular formula is C17H15ClN2O5S. The number of hydrogen-bond acceptors (Lipinski definition) is 5. The molecule has 1 aliphatic rings. The van der Waals surface area contributed by atoms with Crippen molar-refractivity contribution in [3.8, 4) is 5.75 Å². The summed E-state index contributed by atoms with van der Waals surface area (Å²) in [6.07, 6.45) is 0.204. The van der Waals surface area contributed by atoms with E-state index in [1.165, 1.54) is 31.4 Å². The van der Waals surface area contributed by atoms with Crippen LogP contribution in [0.5, 0.6) is 5.75 Å². The molecule has 0 unspecified atom stereocenters. The van der Waals surface area contributed by atoms with E-state index in [2.05, 4.69) is 4.72 Å². The van der Waals surface area contributed by atoms with E-state index in [1.54, 1.807) is 18.2 Å². The van der Waals surface area contributed by atoms with Gasteiger partial charge in [0.05, 0.1) is 23.5 Å². The van der Waals surface area contributed by atoms with Gasteiger partial charge in [-0.3, -0.25) is 19.2 Å². The molecule has 1 saturated heterocycles. The molecule has 0 bridgehead atoms. The number of hydrogen-bond donors (Lipinski definition) is 1. The lowest BCUT2D eigenvalue weighted by Crippen LogP contribution is -2.28. The summed E-state index contributed by atoms with van der Waals surface area (Å²) in [5.41, 5.74) is 0.382. The Kier molecular flexibility index (Phi) is 4.88. The van der Waals surface area contributed by atoms with Gasteiger partial charge in [-0.25, -0.2) is 8.42 Å². The number of methoxy groups -OCH3 is 1. The molecule has 136 valence electrons. The van der Waals surface area contributed by atoms with Crippen LogP contribution < -0.4 is 14.4 Å². The number of para-hydroxylation sites is 1. The lowest BCUT2D eigenvalue weighted by Gasteiger charge is -2.17. The fraction of sp³-hybridized carbons (Fsp3) is 0.176. The van der Waals surface area contributed by atoms with Crippen molar-refractivity contribution in [1.29, 1.82) is 0 Å². The van der Waals surface area contributed by atoms with Gasteiger partial charge in [-0.15, -0.1) is 0 Å². The van der Waals surface area contributed by atoms with Crippen LogP contribution in [0.3, 0.4) is 0 Å². The van der Waals surface area contributed by atoms with E-state index in [1.807, 2.05) is 0 Å². The van der Waals surface area contributed by atoms with Crippen molar-refractivity contribution in [1.82, 2.24) is 0 Å². The molecule has 1 aliphatic heterocycles. The Morgan fingerprint density at radius 1 is 1.08 bits per heavy atom. The van der Waals surface area contributed by atoms with Crippen LogP contribution in [0.15, 0.2) is 47.4 Å². The minimum atomic E-state index is -4.07. The molecule has 2 aromatic rings. The number of ether oxygens (including phenoxy) is 1. The highest BCUT2D eigenvalue weighted by Gasteiger charge is 2.32. The van der Waals surface area contributed by atoms with Crippen LogP contribution in [0.4, 0.5) is 11.4 Å². The van der Waals surface area contributed by atoms with Crippen LogP contribution in [-0.2, 0) is 19.6 Å². The lowest BCUT2D eigenvalue weighted by molar-refractivity contribution is -0.121. The maximum atomic E-state index is 12.8. The smallest absolute Gasteiger partial charge is 0.265 e. The summed E-state index contributed by atoms with van der Waals surface area (Å²) in [6.45, 7) is 0. The Hall–Kier alpha value is -2.58. The first-order chi connectivity index (χ1) is 12.3. The van der Waals surface area contributed by atoms with Crippen LogP contribution in [0.2, 0.25) is 5.02 Å². The Balaban J connectivity index is 2.05. The van der Waals surface area contributed by atoms with E-state index < -0.39 is 10.0 Å². The third kappa shape index (κ3) is 3.38. The second-order valence-electron chi connectivity index (χ2n) is 5.54. The summed E-state index contributed by atoms with van der Waals surface area (Å²) in [5.74, 6) is -0.669. The molecular weight excluding hydrogens is 380 g/mol. The molecule has 1 heterocycles. The molecule has 1 N–H and O–H groups in total. The number of carbonyl (C=O) groups is 2. The van der Waals surface area contributed by atoms with E-state index in [0.717, 1.165) is 4.90 Å². The second kappa shape index (κ2) is 6.97. The number of nitrogens with one attached hydrogen (secondary N) is 1. The first-order valence-corrected chi connectivity index (χ1v) is 9.51. The van der Waals surface area contributed by atoms with Gasteiger partial charge in [0.25, 0.3) is 10.0 Å². The Bertz CT molecular complexity index is 974. The highest BCUT2D eigenvalue weighted by molar-refractivity contribution is 7.92. The first-order valence-electron chi connectivity index (χ1n) is 7.64. The maximum absolute atomic E-state index is 12.8. The quantitative estimate of drug-likeness (QED) is 0.787. The van der Waals surface area contributed by atoms with E-state index >= 15 is 0 Å². The van der Waals surface area contributed by atoms with E-state index in [4.69, 9.17) is 16.3 Å². The molecule has 1 fully saturated rings. The zero-order valence-corrected chi connectivity index (χ0v) is 15.3. The molecule has 0 saturated carbocycles. The van der Waals surface area contributed by atoms with E-state index in [9.17, 15) is 18.0 Å². The summed E-state index contributed by atoms with van der Waals surface area (Å²) in [5, 5.41) is 0.232. The molecule has 0 aromatic heterocycles. The standard InChI is InChI=1S/C17H15ClN2O5S/c1-25-14-7-6-11(20-16(21)8-9-17(20)22)10-15(14)26(23,24)19-13-5-3-2-4-12(13)18/h2-7,10,19H,8-9H2,1H3. The summed E-state index contributed by atoms with van der Waals surface area (Å²) < 4.78 is 33.2. The maximum Gasteiger partial charge on any atom is 0.265 e. The van der Waals surface area contributed by atoms with Crippen molar-refractivity contribution in [3.05, 3.63) is 47.5 Å². The number of sulfonamides is 1.